The summed E-state index contributed by atoms with van der Waals surface area (Å²) >= 11 is 5.89. The summed E-state index contributed by atoms with van der Waals surface area (Å²) in [4.78, 5) is 5.52. The zero-order valence-corrected chi connectivity index (χ0v) is 9.42. The minimum Gasteiger partial charge on any atom is -0.494 e. The van der Waals surface area contributed by atoms with E-state index >= 15 is 0 Å². The normalized spacial score (nSPS) is 11.1. The summed E-state index contributed by atoms with van der Waals surface area (Å²) < 4.78 is 0. The number of halogens is 1. The number of aromatic hydroxyl groups is 2. The Morgan fingerprint density at radius 2 is 1.88 bits per heavy atom. The standard InChI is InChI=1S/C12H9ClN2O2/c13-6-1-2-7-9(5-14-10(7)3-6)8-4-11(16)15-12(8)17/h1-5,14-17H. The fourth-order valence-electron chi connectivity index (χ4n) is 1.96. The third-order valence-electron chi connectivity index (χ3n) is 2.72. The van der Waals surface area contributed by atoms with Gasteiger partial charge in [0.25, 0.3) is 0 Å². The molecule has 2 heterocycles. The Morgan fingerprint density at radius 3 is 2.59 bits per heavy atom. The van der Waals surface area contributed by atoms with Crippen molar-refractivity contribution in [3.63, 3.8) is 0 Å². The van der Waals surface area contributed by atoms with Gasteiger partial charge in [-0.1, -0.05) is 17.7 Å². The highest BCUT2D eigenvalue weighted by Gasteiger charge is 2.13. The summed E-state index contributed by atoms with van der Waals surface area (Å²) in [5, 5.41) is 20.5. The maximum absolute atomic E-state index is 9.66. The van der Waals surface area contributed by atoms with E-state index in [2.05, 4.69) is 9.97 Å². The van der Waals surface area contributed by atoms with Crippen molar-refractivity contribution in [1.82, 2.24) is 9.97 Å². The van der Waals surface area contributed by atoms with Crippen molar-refractivity contribution in [2.45, 2.75) is 0 Å². The van der Waals surface area contributed by atoms with E-state index in [9.17, 15) is 10.2 Å². The summed E-state index contributed by atoms with van der Waals surface area (Å²) in [7, 11) is 0. The third kappa shape index (κ3) is 1.54. The van der Waals surface area contributed by atoms with E-state index < -0.39 is 0 Å². The molecule has 0 aliphatic heterocycles. The average Bonchev–Trinajstić information content (AvgIpc) is 2.81. The summed E-state index contributed by atoms with van der Waals surface area (Å²) in [5.74, 6) is -0.126. The molecule has 0 atom stereocenters. The van der Waals surface area contributed by atoms with Gasteiger partial charge in [-0.25, -0.2) is 0 Å². The monoisotopic (exact) mass is 248 g/mol. The van der Waals surface area contributed by atoms with E-state index in [0.717, 1.165) is 16.5 Å². The molecule has 0 saturated heterocycles. The maximum Gasteiger partial charge on any atom is 0.199 e. The van der Waals surface area contributed by atoms with Gasteiger partial charge in [0.15, 0.2) is 11.8 Å². The van der Waals surface area contributed by atoms with Gasteiger partial charge >= 0.3 is 0 Å². The van der Waals surface area contributed by atoms with Crippen molar-refractivity contribution in [1.29, 1.82) is 0 Å². The highest BCUT2D eigenvalue weighted by molar-refractivity contribution is 6.31. The first-order chi connectivity index (χ1) is 8.15. The van der Waals surface area contributed by atoms with E-state index in [0.29, 0.717) is 10.6 Å². The van der Waals surface area contributed by atoms with E-state index in [1.54, 1.807) is 12.3 Å². The Kier molecular flexibility index (Phi) is 2.06. The summed E-state index contributed by atoms with van der Waals surface area (Å²) in [6.45, 7) is 0. The van der Waals surface area contributed by atoms with Crippen LogP contribution in [0.2, 0.25) is 5.02 Å². The van der Waals surface area contributed by atoms with E-state index in [1.807, 2.05) is 12.1 Å². The largest absolute Gasteiger partial charge is 0.494 e. The van der Waals surface area contributed by atoms with Crippen molar-refractivity contribution in [2.75, 3.05) is 0 Å². The van der Waals surface area contributed by atoms with Crippen molar-refractivity contribution >= 4 is 22.5 Å². The van der Waals surface area contributed by atoms with Gasteiger partial charge in [-0.2, -0.15) is 0 Å². The Morgan fingerprint density at radius 1 is 1.06 bits per heavy atom. The van der Waals surface area contributed by atoms with Crippen LogP contribution >= 0.6 is 11.6 Å². The molecule has 0 aliphatic carbocycles. The third-order valence-corrected chi connectivity index (χ3v) is 2.95. The molecule has 2 aromatic heterocycles. The van der Waals surface area contributed by atoms with Crippen LogP contribution < -0.4 is 0 Å². The van der Waals surface area contributed by atoms with Gasteiger partial charge in [0.2, 0.25) is 0 Å². The van der Waals surface area contributed by atoms with Crippen LogP contribution in [0, 0.1) is 0 Å². The number of H-pyrrole nitrogens is 2. The van der Waals surface area contributed by atoms with Gasteiger partial charge in [-0.15, -0.1) is 0 Å². The molecule has 17 heavy (non-hydrogen) atoms. The van der Waals surface area contributed by atoms with Gasteiger partial charge in [-0.3, -0.25) is 4.98 Å². The van der Waals surface area contributed by atoms with Crippen LogP contribution in [0.1, 0.15) is 0 Å². The van der Waals surface area contributed by atoms with Crippen molar-refractivity contribution in [2.24, 2.45) is 0 Å². The van der Waals surface area contributed by atoms with Crippen molar-refractivity contribution in [3.8, 4) is 22.9 Å². The number of hydrogen-bond donors (Lipinski definition) is 4. The Bertz CT molecular complexity index is 700. The molecule has 4 nitrogen and oxygen atoms in total. The minimum absolute atomic E-state index is 0.0571. The number of rotatable bonds is 1. The van der Waals surface area contributed by atoms with Crippen LogP contribution in [0.25, 0.3) is 22.0 Å². The molecule has 86 valence electrons. The second-order valence-corrected chi connectivity index (χ2v) is 4.25. The molecule has 4 N–H and O–H groups in total. The molecular formula is C12H9ClN2O2. The van der Waals surface area contributed by atoms with Gasteiger partial charge in [0.05, 0.1) is 0 Å². The second kappa shape index (κ2) is 3.46. The number of nitrogens with one attached hydrogen (secondary N) is 2. The Hall–Kier alpha value is -2.07. The first-order valence-electron chi connectivity index (χ1n) is 5.03. The molecule has 0 unspecified atom stereocenters. The average molecular weight is 249 g/mol. The molecule has 0 spiro atoms. The maximum atomic E-state index is 9.66. The second-order valence-electron chi connectivity index (χ2n) is 3.81. The van der Waals surface area contributed by atoms with Crippen molar-refractivity contribution < 1.29 is 10.2 Å². The molecule has 0 radical (unpaired) electrons. The van der Waals surface area contributed by atoms with E-state index in [1.165, 1.54) is 6.07 Å². The molecule has 0 aliphatic rings. The first kappa shape index (κ1) is 10.1. The first-order valence-corrected chi connectivity index (χ1v) is 5.41. The molecule has 3 rings (SSSR count). The lowest BCUT2D eigenvalue weighted by Crippen LogP contribution is -1.72. The summed E-state index contributed by atoms with van der Waals surface area (Å²) in [6.07, 6.45) is 1.77. The SMILES string of the molecule is Oc1cc(-c2c[nH]c3cc(Cl)ccc23)c(O)[nH]1. The topological polar surface area (TPSA) is 72.0 Å². The minimum atomic E-state index is -0.0687. The predicted molar refractivity (Wildman–Crippen MR) is 66.4 cm³/mol. The molecule has 5 heteroatoms. The highest BCUT2D eigenvalue weighted by Crippen LogP contribution is 2.37. The fourth-order valence-corrected chi connectivity index (χ4v) is 2.13. The number of aromatic nitrogens is 2. The van der Waals surface area contributed by atoms with Crippen LogP contribution in [0.3, 0.4) is 0 Å². The van der Waals surface area contributed by atoms with E-state index in [4.69, 9.17) is 11.6 Å². The van der Waals surface area contributed by atoms with Gasteiger partial charge in [0, 0.05) is 39.3 Å². The molecule has 3 aromatic rings. The van der Waals surface area contributed by atoms with Crippen LogP contribution in [-0.2, 0) is 0 Å². The molecule has 1 aromatic carbocycles. The predicted octanol–water partition coefficient (Wildman–Crippen LogP) is 3.23. The van der Waals surface area contributed by atoms with Crippen LogP contribution in [0.4, 0.5) is 0 Å². The molecule has 0 bridgehead atoms. The number of fused-ring (bicyclic) bond motifs is 1. The van der Waals surface area contributed by atoms with Crippen LogP contribution in [0.5, 0.6) is 11.8 Å². The zero-order valence-electron chi connectivity index (χ0n) is 8.66. The van der Waals surface area contributed by atoms with Gasteiger partial charge in [-0.05, 0) is 12.1 Å². The lowest BCUT2D eigenvalue weighted by molar-refractivity contribution is 0.426. The van der Waals surface area contributed by atoms with E-state index in [-0.39, 0.29) is 11.8 Å². The molecule has 0 fully saturated rings. The van der Waals surface area contributed by atoms with Crippen LogP contribution in [0.15, 0.2) is 30.5 Å². The molecular weight excluding hydrogens is 240 g/mol. The fraction of sp³-hybridized carbons (Fsp3) is 0. The van der Waals surface area contributed by atoms with Crippen LogP contribution in [-0.4, -0.2) is 20.2 Å². The summed E-state index contributed by atoms with van der Waals surface area (Å²) in [5.41, 5.74) is 2.24. The summed E-state index contributed by atoms with van der Waals surface area (Å²) in [6, 6.07) is 6.94. The highest BCUT2D eigenvalue weighted by atomic mass is 35.5. The Labute approximate surface area is 101 Å². The number of benzene rings is 1. The lowest BCUT2D eigenvalue weighted by atomic mass is 10.1. The van der Waals surface area contributed by atoms with Gasteiger partial charge in [0.1, 0.15) is 0 Å². The molecule has 0 amide bonds. The Balaban J connectivity index is 2.28. The van der Waals surface area contributed by atoms with Crippen molar-refractivity contribution in [3.05, 3.63) is 35.5 Å². The number of hydrogen-bond acceptors (Lipinski definition) is 2. The smallest absolute Gasteiger partial charge is 0.199 e. The number of aromatic amines is 2. The lowest BCUT2D eigenvalue weighted by Gasteiger charge is -1.97. The zero-order chi connectivity index (χ0) is 12.0. The van der Waals surface area contributed by atoms with Gasteiger partial charge < -0.3 is 15.2 Å². The molecule has 0 saturated carbocycles. The quantitative estimate of drug-likeness (QED) is 0.534.